The molecule has 0 saturated carbocycles. The molecular formula is C25H27BN4O. The normalized spacial score (nSPS) is 20.5. The lowest BCUT2D eigenvalue weighted by molar-refractivity contribution is 0.0784. The molecule has 1 amide bonds. The first kappa shape index (κ1) is 19.9. The maximum atomic E-state index is 13.3. The molecule has 2 aliphatic heterocycles. The van der Waals surface area contributed by atoms with Gasteiger partial charge in [-0.2, -0.15) is 0 Å². The van der Waals surface area contributed by atoms with E-state index in [-0.39, 0.29) is 12.6 Å². The first-order chi connectivity index (χ1) is 14.9. The molecule has 0 bridgehead atoms. The second-order valence-electron chi connectivity index (χ2n) is 9.54. The Hall–Kier alpha value is -3.07. The van der Waals surface area contributed by atoms with Crippen LogP contribution in [0.2, 0.25) is 12.6 Å². The lowest BCUT2D eigenvalue weighted by Gasteiger charge is -2.18. The molecule has 2 aromatic heterocycles. The fraction of sp³-hybridized carbons (Fsp3) is 0.400. The van der Waals surface area contributed by atoms with Crippen molar-refractivity contribution in [3.8, 4) is 17.2 Å². The fourth-order valence-electron chi connectivity index (χ4n) is 5.63. The van der Waals surface area contributed by atoms with Crippen LogP contribution < -0.4 is 0 Å². The smallest absolute Gasteiger partial charge is 0.268 e. The summed E-state index contributed by atoms with van der Waals surface area (Å²) in [5.41, 5.74) is 6.27. The number of aromatic nitrogens is 2. The average Bonchev–Trinajstić information content (AvgIpc) is 3.43. The molecule has 2 atom stereocenters. The molecule has 5 rings (SSSR count). The number of pyridine rings is 1. The average molecular weight is 410 g/mol. The van der Waals surface area contributed by atoms with Crippen molar-refractivity contribution in [1.82, 2.24) is 14.9 Å². The SMILES string of the molecule is Cc1cc(-c2[nH]c3ccc(C(=O)N4CC5CB(C#N)CC5C4)cc3c2C(C)C)ccn1. The van der Waals surface area contributed by atoms with Gasteiger partial charge in [0.1, 0.15) is 0 Å². The zero-order valence-corrected chi connectivity index (χ0v) is 18.4. The quantitative estimate of drug-likeness (QED) is 0.623. The van der Waals surface area contributed by atoms with Crippen LogP contribution in [0.25, 0.3) is 22.2 Å². The monoisotopic (exact) mass is 410 g/mol. The Morgan fingerprint density at radius 1 is 1.23 bits per heavy atom. The summed E-state index contributed by atoms with van der Waals surface area (Å²) in [6, 6.07) is 10.2. The molecule has 156 valence electrons. The van der Waals surface area contributed by atoms with Gasteiger partial charge in [0.25, 0.3) is 12.6 Å². The van der Waals surface area contributed by atoms with E-state index in [9.17, 15) is 10.1 Å². The molecule has 31 heavy (non-hydrogen) atoms. The molecular weight excluding hydrogens is 383 g/mol. The number of hydrogen-bond donors (Lipinski definition) is 1. The summed E-state index contributed by atoms with van der Waals surface area (Å²) in [7, 11) is 0. The van der Waals surface area contributed by atoms with Gasteiger partial charge in [0.15, 0.2) is 0 Å². The zero-order chi connectivity index (χ0) is 21.7. The highest BCUT2D eigenvalue weighted by Crippen LogP contribution is 2.40. The number of aryl methyl sites for hydroxylation is 1. The predicted octanol–water partition coefficient (Wildman–Crippen LogP) is 4.92. The molecule has 2 aliphatic rings. The third-order valence-electron chi connectivity index (χ3n) is 7.07. The maximum absolute atomic E-state index is 13.3. The van der Waals surface area contributed by atoms with Crippen molar-refractivity contribution in [1.29, 1.82) is 5.26 Å². The van der Waals surface area contributed by atoms with Crippen molar-refractivity contribution in [2.75, 3.05) is 13.1 Å². The van der Waals surface area contributed by atoms with E-state index in [1.807, 2.05) is 36.2 Å². The van der Waals surface area contributed by atoms with Crippen LogP contribution in [0.3, 0.4) is 0 Å². The van der Waals surface area contributed by atoms with Crippen molar-refractivity contribution in [3.05, 3.63) is 53.3 Å². The van der Waals surface area contributed by atoms with E-state index in [4.69, 9.17) is 0 Å². The first-order valence-corrected chi connectivity index (χ1v) is 11.2. The molecule has 0 radical (unpaired) electrons. The number of carbonyl (C=O) groups is 1. The number of likely N-dealkylation sites (tertiary alicyclic amines) is 1. The highest BCUT2D eigenvalue weighted by atomic mass is 16.2. The Kier molecular flexibility index (Phi) is 4.85. The minimum atomic E-state index is 0.113. The minimum Gasteiger partial charge on any atom is -0.354 e. The van der Waals surface area contributed by atoms with E-state index in [0.717, 1.165) is 59.1 Å². The van der Waals surface area contributed by atoms with Gasteiger partial charge in [-0.25, -0.2) is 5.26 Å². The molecule has 1 N–H and O–H groups in total. The van der Waals surface area contributed by atoms with Crippen molar-refractivity contribution in [2.24, 2.45) is 11.8 Å². The number of H-pyrrole nitrogens is 1. The van der Waals surface area contributed by atoms with Crippen LogP contribution >= 0.6 is 0 Å². The van der Waals surface area contributed by atoms with Crippen LogP contribution in [0, 0.1) is 30.0 Å². The van der Waals surface area contributed by atoms with E-state index in [1.54, 1.807) is 0 Å². The van der Waals surface area contributed by atoms with Gasteiger partial charge in [-0.15, -0.1) is 0 Å². The highest BCUT2D eigenvalue weighted by molar-refractivity contribution is 6.67. The number of hydrogen-bond acceptors (Lipinski definition) is 3. The molecule has 0 aliphatic carbocycles. The Labute approximate surface area is 183 Å². The van der Waals surface area contributed by atoms with E-state index >= 15 is 0 Å². The minimum absolute atomic E-state index is 0.113. The molecule has 2 unspecified atom stereocenters. The van der Waals surface area contributed by atoms with Gasteiger partial charge in [0.05, 0.1) is 5.69 Å². The van der Waals surface area contributed by atoms with Crippen LogP contribution in [0.15, 0.2) is 36.5 Å². The van der Waals surface area contributed by atoms with Crippen molar-refractivity contribution in [2.45, 2.75) is 39.3 Å². The molecule has 0 spiro atoms. The standard InChI is InChI=1S/C25H27BN4O/c1-15(2)23-21-9-18(25(31)30-12-19-10-26(14-27)11-20(19)13-30)4-5-22(21)29-24(23)17-6-7-28-16(3)8-17/h4-9,15,19-20,29H,10-13H2,1-3H3. The number of rotatable bonds is 3. The van der Waals surface area contributed by atoms with Crippen molar-refractivity contribution >= 4 is 23.5 Å². The molecule has 5 nitrogen and oxygen atoms in total. The fourth-order valence-corrected chi connectivity index (χ4v) is 5.63. The number of nitrogens with zero attached hydrogens (tertiary/aromatic N) is 3. The van der Waals surface area contributed by atoms with E-state index in [2.05, 4.69) is 41.9 Å². The number of amides is 1. The topological polar surface area (TPSA) is 72.8 Å². The van der Waals surface area contributed by atoms with Crippen LogP contribution in [0.4, 0.5) is 0 Å². The lowest BCUT2D eigenvalue weighted by atomic mass is 9.49. The Bertz CT molecular complexity index is 1190. The second kappa shape index (κ2) is 7.57. The van der Waals surface area contributed by atoms with Gasteiger partial charge >= 0.3 is 0 Å². The summed E-state index contributed by atoms with van der Waals surface area (Å²) < 4.78 is 0. The summed E-state index contributed by atoms with van der Waals surface area (Å²) in [5, 5.41) is 10.3. The van der Waals surface area contributed by atoms with Crippen molar-refractivity contribution < 1.29 is 4.79 Å². The highest BCUT2D eigenvalue weighted by Gasteiger charge is 2.44. The molecule has 2 fully saturated rings. The molecule has 1 aromatic carbocycles. The van der Waals surface area contributed by atoms with Gasteiger partial charge in [0, 0.05) is 53.0 Å². The summed E-state index contributed by atoms with van der Waals surface area (Å²) in [6.07, 6.45) is 3.72. The largest absolute Gasteiger partial charge is 0.354 e. The number of benzene rings is 1. The number of nitriles is 1. The Morgan fingerprint density at radius 3 is 2.61 bits per heavy atom. The van der Waals surface area contributed by atoms with E-state index < -0.39 is 0 Å². The maximum Gasteiger partial charge on any atom is 0.268 e. The van der Waals surface area contributed by atoms with Crippen molar-refractivity contribution in [3.63, 3.8) is 0 Å². The van der Waals surface area contributed by atoms with Gasteiger partial charge in [-0.3, -0.25) is 9.78 Å². The number of nitrogens with one attached hydrogen (secondary N) is 1. The molecule has 2 saturated heterocycles. The summed E-state index contributed by atoms with van der Waals surface area (Å²) in [4.78, 5) is 23.2. The third-order valence-corrected chi connectivity index (χ3v) is 7.07. The van der Waals surface area contributed by atoms with Gasteiger partial charge in [0.2, 0.25) is 0 Å². The Balaban J connectivity index is 1.48. The Morgan fingerprint density at radius 2 is 1.97 bits per heavy atom. The summed E-state index contributed by atoms with van der Waals surface area (Å²) >= 11 is 0. The predicted molar refractivity (Wildman–Crippen MR) is 124 cm³/mol. The van der Waals surface area contributed by atoms with Gasteiger partial charge in [-0.1, -0.05) is 26.5 Å². The summed E-state index contributed by atoms with van der Waals surface area (Å²) in [6.45, 7) is 8.13. The summed E-state index contributed by atoms with van der Waals surface area (Å²) in [5.74, 6) is 3.81. The molecule has 6 heteroatoms. The molecule has 4 heterocycles. The first-order valence-electron chi connectivity index (χ1n) is 11.2. The number of fused-ring (bicyclic) bond motifs is 2. The van der Waals surface area contributed by atoms with Crippen LogP contribution in [-0.4, -0.2) is 40.6 Å². The van der Waals surface area contributed by atoms with Crippen LogP contribution in [0.5, 0.6) is 0 Å². The lowest BCUT2D eigenvalue weighted by Crippen LogP contribution is -2.30. The van der Waals surface area contributed by atoms with E-state index in [1.165, 1.54) is 5.56 Å². The van der Waals surface area contributed by atoms with Crippen LogP contribution in [0.1, 0.15) is 41.4 Å². The van der Waals surface area contributed by atoms with Crippen LogP contribution in [-0.2, 0) is 0 Å². The molecule has 3 aromatic rings. The number of carbonyl (C=O) groups excluding carboxylic acids is 1. The van der Waals surface area contributed by atoms with Gasteiger partial charge in [-0.05, 0) is 60.6 Å². The zero-order valence-electron chi connectivity index (χ0n) is 18.4. The van der Waals surface area contributed by atoms with E-state index in [0.29, 0.717) is 17.8 Å². The number of aromatic amines is 1. The van der Waals surface area contributed by atoms with Gasteiger partial charge < -0.3 is 9.88 Å². The third kappa shape index (κ3) is 3.42. The second-order valence-corrected chi connectivity index (χ2v) is 9.54.